The van der Waals surface area contributed by atoms with E-state index in [0.29, 0.717) is 11.8 Å². The smallest absolute Gasteiger partial charge is 0.228 e. The first kappa shape index (κ1) is 11.7. The quantitative estimate of drug-likeness (QED) is 0.846. The number of hydrogen-bond acceptors (Lipinski definition) is 5. The summed E-state index contributed by atoms with van der Waals surface area (Å²) in [6.45, 7) is 3.84. The lowest BCUT2D eigenvalue weighted by molar-refractivity contribution is 0.272. The van der Waals surface area contributed by atoms with Gasteiger partial charge in [-0.25, -0.2) is 4.98 Å². The highest BCUT2D eigenvalue weighted by Gasteiger charge is 2.12. The minimum atomic E-state index is -0.307. The predicted molar refractivity (Wildman–Crippen MR) is 70.6 cm³/mol. The van der Waals surface area contributed by atoms with Crippen LogP contribution >= 0.6 is 11.3 Å². The van der Waals surface area contributed by atoms with E-state index in [2.05, 4.69) is 21.2 Å². The summed E-state index contributed by atoms with van der Waals surface area (Å²) in [4.78, 5) is 10.7. The molecule has 1 N–H and O–H groups in total. The Morgan fingerprint density at radius 3 is 2.94 bits per heavy atom. The second-order valence-corrected chi connectivity index (χ2v) is 4.84. The molecule has 88 valence electrons. The van der Waals surface area contributed by atoms with E-state index in [1.807, 2.05) is 19.9 Å². The van der Waals surface area contributed by atoms with Crippen molar-refractivity contribution in [3.05, 3.63) is 10.9 Å². The van der Waals surface area contributed by atoms with Gasteiger partial charge >= 0.3 is 0 Å². The molecule has 4 nitrogen and oxygen atoms in total. The average Bonchev–Trinajstić information content (AvgIpc) is 2.69. The van der Waals surface area contributed by atoms with Crippen LogP contribution in [0.15, 0.2) is 6.07 Å². The van der Waals surface area contributed by atoms with Crippen molar-refractivity contribution in [3.63, 3.8) is 0 Å². The van der Waals surface area contributed by atoms with Gasteiger partial charge in [-0.1, -0.05) is 5.92 Å². The summed E-state index contributed by atoms with van der Waals surface area (Å²) in [5.41, 5.74) is 0. The summed E-state index contributed by atoms with van der Waals surface area (Å²) in [7, 11) is 1.77. The van der Waals surface area contributed by atoms with E-state index in [4.69, 9.17) is 11.2 Å². The van der Waals surface area contributed by atoms with Gasteiger partial charge in [0.15, 0.2) is 6.10 Å². The molecule has 0 aromatic carbocycles. The monoisotopic (exact) mass is 247 g/mol. The minimum absolute atomic E-state index is 0.307. The van der Waals surface area contributed by atoms with Gasteiger partial charge in [0.1, 0.15) is 4.83 Å². The fraction of sp³-hybridized carbons (Fsp3) is 0.333. The molecule has 0 fully saturated rings. The second-order valence-electron chi connectivity index (χ2n) is 3.60. The topological polar surface area (TPSA) is 47.0 Å². The number of fused-ring (bicyclic) bond motifs is 1. The molecular formula is C12H13N3OS. The number of thiophene rings is 1. The van der Waals surface area contributed by atoms with E-state index < -0.39 is 0 Å². The van der Waals surface area contributed by atoms with Gasteiger partial charge in [0.25, 0.3) is 0 Å². The summed E-state index contributed by atoms with van der Waals surface area (Å²) in [5.74, 6) is 3.60. The number of aryl methyl sites for hydroxylation is 1. The zero-order chi connectivity index (χ0) is 12.4. The van der Waals surface area contributed by atoms with Crippen molar-refractivity contribution >= 4 is 27.5 Å². The van der Waals surface area contributed by atoms with E-state index in [1.165, 1.54) is 4.88 Å². The summed E-state index contributed by atoms with van der Waals surface area (Å²) in [6, 6.07) is 2.01. The minimum Gasteiger partial charge on any atom is -0.461 e. The number of terminal acetylenes is 1. The largest absolute Gasteiger partial charge is 0.461 e. The van der Waals surface area contributed by atoms with Gasteiger partial charge in [-0.2, -0.15) is 4.98 Å². The first-order valence-corrected chi connectivity index (χ1v) is 6.04. The summed E-state index contributed by atoms with van der Waals surface area (Å²) in [5, 5.41) is 3.82. The number of aromatic nitrogens is 2. The third kappa shape index (κ3) is 2.32. The van der Waals surface area contributed by atoms with E-state index in [1.54, 1.807) is 18.4 Å². The molecule has 5 heteroatoms. The Morgan fingerprint density at radius 1 is 1.53 bits per heavy atom. The van der Waals surface area contributed by atoms with Gasteiger partial charge in [-0.3, -0.25) is 0 Å². The zero-order valence-corrected chi connectivity index (χ0v) is 10.8. The normalized spacial score (nSPS) is 12.1. The molecule has 2 aromatic rings. The maximum atomic E-state index is 5.61. The van der Waals surface area contributed by atoms with E-state index >= 15 is 0 Å². The molecule has 0 saturated heterocycles. The highest BCUT2D eigenvalue weighted by Crippen LogP contribution is 2.31. The molecule has 17 heavy (non-hydrogen) atoms. The predicted octanol–water partition coefficient (Wildman–Crippen LogP) is 2.44. The van der Waals surface area contributed by atoms with Gasteiger partial charge in [0.2, 0.25) is 11.8 Å². The second kappa shape index (κ2) is 4.60. The lowest BCUT2D eigenvalue weighted by atomic mass is 10.3. The number of hydrogen-bond donors (Lipinski definition) is 1. The van der Waals surface area contributed by atoms with Gasteiger partial charge in [0.05, 0.1) is 5.39 Å². The number of nitrogens with zero attached hydrogens (tertiary/aromatic N) is 2. The van der Waals surface area contributed by atoms with Crippen LogP contribution in [-0.2, 0) is 0 Å². The Morgan fingerprint density at radius 2 is 2.29 bits per heavy atom. The molecule has 0 aliphatic carbocycles. The molecule has 2 rings (SSSR count). The van der Waals surface area contributed by atoms with Crippen molar-refractivity contribution < 1.29 is 4.74 Å². The molecule has 0 amide bonds. The number of rotatable bonds is 3. The lowest BCUT2D eigenvalue weighted by Gasteiger charge is -2.09. The van der Waals surface area contributed by atoms with Crippen molar-refractivity contribution in [3.8, 4) is 18.2 Å². The molecular weight excluding hydrogens is 234 g/mol. The van der Waals surface area contributed by atoms with Crippen molar-refractivity contribution in [2.24, 2.45) is 0 Å². The van der Waals surface area contributed by atoms with Crippen LogP contribution in [0.3, 0.4) is 0 Å². The number of ether oxygens (including phenoxy) is 1. The molecule has 0 aliphatic heterocycles. The maximum Gasteiger partial charge on any atom is 0.228 e. The summed E-state index contributed by atoms with van der Waals surface area (Å²) in [6.07, 6.45) is 5.00. The van der Waals surface area contributed by atoms with Crippen LogP contribution in [0.2, 0.25) is 0 Å². The third-order valence-electron chi connectivity index (χ3n) is 2.23. The Labute approximate surface area is 104 Å². The highest BCUT2D eigenvalue weighted by atomic mass is 32.1. The molecule has 2 aromatic heterocycles. The van der Waals surface area contributed by atoms with Gasteiger partial charge < -0.3 is 10.1 Å². The molecule has 0 radical (unpaired) electrons. The lowest BCUT2D eigenvalue weighted by Crippen LogP contribution is -2.10. The average molecular weight is 247 g/mol. The van der Waals surface area contributed by atoms with Crippen LogP contribution in [-0.4, -0.2) is 23.1 Å². The van der Waals surface area contributed by atoms with Gasteiger partial charge in [-0.15, -0.1) is 17.8 Å². The molecule has 1 atom stereocenters. The first-order chi connectivity index (χ1) is 8.13. The van der Waals surface area contributed by atoms with Gasteiger partial charge in [-0.05, 0) is 19.9 Å². The van der Waals surface area contributed by atoms with Gasteiger partial charge in [0, 0.05) is 11.9 Å². The van der Waals surface area contributed by atoms with Crippen molar-refractivity contribution in [2.75, 3.05) is 12.4 Å². The van der Waals surface area contributed by atoms with E-state index in [0.717, 1.165) is 10.2 Å². The van der Waals surface area contributed by atoms with Crippen LogP contribution < -0.4 is 10.1 Å². The summed E-state index contributed by atoms with van der Waals surface area (Å²) >= 11 is 1.61. The Kier molecular flexibility index (Phi) is 3.16. The summed E-state index contributed by atoms with van der Waals surface area (Å²) < 4.78 is 5.61. The van der Waals surface area contributed by atoms with Crippen LogP contribution in [0.4, 0.5) is 5.95 Å². The SMILES string of the molecule is C#CC(C)Oc1nc(NC)nc2sc(C)cc12. The highest BCUT2D eigenvalue weighted by molar-refractivity contribution is 7.18. The Bertz CT molecular complexity index is 585. The zero-order valence-electron chi connectivity index (χ0n) is 9.94. The van der Waals surface area contributed by atoms with Crippen molar-refractivity contribution in [1.29, 1.82) is 0 Å². The molecule has 0 saturated carbocycles. The fourth-order valence-corrected chi connectivity index (χ4v) is 2.29. The van der Waals surface area contributed by atoms with Crippen LogP contribution in [0, 0.1) is 19.3 Å². The Balaban J connectivity index is 2.54. The van der Waals surface area contributed by atoms with Crippen LogP contribution in [0.5, 0.6) is 5.88 Å². The van der Waals surface area contributed by atoms with E-state index in [-0.39, 0.29) is 6.10 Å². The molecule has 2 heterocycles. The maximum absolute atomic E-state index is 5.61. The standard InChI is InChI=1S/C12H13N3OS/c1-5-7(2)16-10-9-6-8(3)17-11(9)15-12(13-4)14-10/h1,6-7H,2-4H3,(H,13,14,15). The Hall–Kier alpha value is -1.80. The number of nitrogens with one attached hydrogen (secondary N) is 1. The van der Waals surface area contributed by atoms with Crippen molar-refractivity contribution in [1.82, 2.24) is 9.97 Å². The molecule has 0 spiro atoms. The third-order valence-corrected chi connectivity index (χ3v) is 3.17. The van der Waals surface area contributed by atoms with Crippen LogP contribution in [0.25, 0.3) is 10.2 Å². The first-order valence-electron chi connectivity index (χ1n) is 5.22. The molecule has 1 unspecified atom stereocenters. The number of anilines is 1. The van der Waals surface area contributed by atoms with Crippen LogP contribution in [0.1, 0.15) is 11.8 Å². The van der Waals surface area contributed by atoms with Crippen molar-refractivity contribution in [2.45, 2.75) is 20.0 Å². The van der Waals surface area contributed by atoms with E-state index in [9.17, 15) is 0 Å². The molecule has 0 bridgehead atoms. The fourth-order valence-electron chi connectivity index (χ4n) is 1.42. The molecule has 0 aliphatic rings.